The predicted molar refractivity (Wildman–Crippen MR) is 41.7 cm³/mol. The van der Waals surface area contributed by atoms with Crippen LogP contribution < -0.4 is 5.56 Å². The van der Waals surface area contributed by atoms with Gasteiger partial charge in [0.25, 0.3) is 5.56 Å². The van der Waals surface area contributed by atoms with Crippen LogP contribution in [0.2, 0.25) is 0 Å². The molecule has 0 aromatic carbocycles. The van der Waals surface area contributed by atoms with Gasteiger partial charge in [-0.05, 0) is 28.1 Å². The molecule has 58 valence electrons. The number of hydrogen-bond donors (Lipinski definition) is 2. The second kappa shape index (κ2) is 2.87. The molecule has 0 spiro atoms. The standard InChI is InChI=1S/C6H4BrNO3/c7-3-1-2-4(6(10)11)8-5(3)9/h1-2H,(H,8,9)(H,10,11). The Labute approximate surface area is 70.0 Å². The molecule has 0 saturated heterocycles. The van der Waals surface area contributed by atoms with Crippen molar-refractivity contribution in [3.63, 3.8) is 0 Å². The van der Waals surface area contributed by atoms with Gasteiger partial charge in [-0.25, -0.2) is 4.79 Å². The quantitative estimate of drug-likeness (QED) is 0.733. The fourth-order valence-electron chi connectivity index (χ4n) is 0.581. The van der Waals surface area contributed by atoms with Gasteiger partial charge < -0.3 is 10.1 Å². The first kappa shape index (κ1) is 8.00. The second-order valence-electron chi connectivity index (χ2n) is 1.85. The molecule has 0 atom stereocenters. The molecule has 4 nitrogen and oxygen atoms in total. The van der Waals surface area contributed by atoms with Gasteiger partial charge in [-0.3, -0.25) is 4.79 Å². The summed E-state index contributed by atoms with van der Waals surface area (Å²) < 4.78 is 0.322. The SMILES string of the molecule is O=C(O)c1ccc(Br)c(=O)[nH]1. The van der Waals surface area contributed by atoms with Gasteiger partial charge in [0.2, 0.25) is 0 Å². The molecule has 0 amide bonds. The maximum atomic E-state index is 10.8. The number of aromatic carboxylic acids is 1. The molecule has 0 aliphatic rings. The van der Waals surface area contributed by atoms with Gasteiger partial charge in [0.15, 0.2) is 0 Å². The Morgan fingerprint density at radius 2 is 2.18 bits per heavy atom. The minimum Gasteiger partial charge on any atom is -0.477 e. The van der Waals surface area contributed by atoms with Gasteiger partial charge in [0.1, 0.15) is 5.69 Å². The van der Waals surface area contributed by atoms with Gasteiger partial charge in [-0.1, -0.05) is 0 Å². The highest BCUT2D eigenvalue weighted by atomic mass is 79.9. The van der Waals surface area contributed by atoms with Crippen LogP contribution >= 0.6 is 15.9 Å². The summed E-state index contributed by atoms with van der Waals surface area (Å²) in [6, 6.07) is 2.70. The summed E-state index contributed by atoms with van der Waals surface area (Å²) in [7, 11) is 0. The van der Waals surface area contributed by atoms with Crippen molar-refractivity contribution in [2.45, 2.75) is 0 Å². The first-order chi connectivity index (χ1) is 5.11. The van der Waals surface area contributed by atoms with Crippen LogP contribution in [-0.2, 0) is 0 Å². The molecular formula is C6H4BrNO3. The van der Waals surface area contributed by atoms with E-state index in [1.165, 1.54) is 12.1 Å². The van der Waals surface area contributed by atoms with E-state index < -0.39 is 11.5 Å². The van der Waals surface area contributed by atoms with Crippen molar-refractivity contribution in [1.82, 2.24) is 4.98 Å². The lowest BCUT2D eigenvalue weighted by molar-refractivity contribution is 0.0690. The number of carboxylic acid groups (broad SMARTS) is 1. The third-order valence-corrected chi connectivity index (χ3v) is 1.72. The maximum absolute atomic E-state index is 10.8. The van der Waals surface area contributed by atoms with E-state index >= 15 is 0 Å². The predicted octanol–water partition coefficient (Wildman–Crippen LogP) is 0.836. The lowest BCUT2D eigenvalue weighted by Crippen LogP contribution is -2.12. The highest BCUT2D eigenvalue weighted by Gasteiger charge is 2.03. The molecule has 5 heteroatoms. The number of rotatable bonds is 1. The zero-order chi connectivity index (χ0) is 8.43. The summed E-state index contributed by atoms with van der Waals surface area (Å²) in [5, 5.41) is 8.41. The van der Waals surface area contributed by atoms with Crippen LogP contribution in [0, 0.1) is 0 Å². The maximum Gasteiger partial charge on any atom is 0.352 e. The van der Waals surface area contributed by atoms with Crippen molar-refractivity contribution in [3.05, 3.63) is 32.7 Å². The van der Waals surface area contributed by atoms with Crippen molar-refractivity contribution >= 4 is 21.9 Å². The van der Waals surface area contributed by atoms with Crippen molar-refractivity contribution in [3.8, 4) is 0 Å². The Morgan fingerprint density at radius 1 is 1.55 bits per heavy atom. The van der Waals surface area contributed by atoms with E-state index in [0.29, 0.717) is 4.47 Å². The van der Waals surface area contributed by atoms with E-state index in [9.17, 15) is 9.59 Å². The van der Waals surface area contributed by atoms with Crippen LogP contribution in [0.3, 0.4) is 0 Å². The topological polar surface area (TPSA) is 70.2 Å². The summed E-state index contributed by atoms with van der Waals surface area (Å²) in [6.07, 6.45) is 0. The first-order valence-corrected chi connectivity index (χ1v) is 3.52. The lowest BCUT2D eigenvalue weighted by atomic mass is 10.4. The van der Waals surface area contributed by atoms with Crippen molar-refractivity contribution < 1.29 is 9.90 Å². The Kier molecular flexibility index (Phi) is 2.09. The van der Waals surface area contributed by atoms with Crippen molar-refractivity contribution in [2.24, 2.45) is 0 Å². The minimum atomic E-state index is -1.14. The van der Waals surface area contributed by atoms with Crippen LogP contribution in [0.5, 0.6) is 0 Å². The number of nitrogens with one attached hydrogen (secondary N) is 1. The summed E-state index contributed by atoms with van der Waals surface area (Å²) in [5.41, 5.74) is -0.553. The van der Waals surface area contributed by atoms with Crippen LogP contribution in [0.1, 0.15) is 10.5 Å². The van der Waals surface area contributed by atoms with Crippen LogP contribution in [0.15, 0.2) is 21.4 Å². The number of hydrogen-bond acceptors (Lipinski definition) is 2. The summed E-state index contributed by atoms with van der Waals surface area (Å²) in [4.78, 5) is 23.2. The Morgan fingerprint density at radius 3 is 2.64 bits per heavy atom. The monoisotopic (exact) mass is 217 g/mol. The third-order valence-electron chi connectivity index (χ3n) is 1.09. The fourth-order valence-corrected chi connectivity index (χ4v) is 0.812. The summed E-state index contributed by atoms with van der Waals surface area (Å²) in [5.74, 6) is -1.14. The molecule has 11 heavy (non-hydrogen) atoms. The van der Waals surface area contributed by atoms with Crippen molar-refractivity contribution in [2.75, 3.05) is 0 Å². The molecule has 0 aliphatic heterocycles. The summed E-state index contributed by atoms with van der Waals surface area (Å²) in [6.45, 7) is 0. The number of pyridine rings is 1. The number of aromatic nitrogens is 1. The molecule has 0 saturated carbocycles. The number of H-pyrrole nitrogens is 1. The molecule has 1 aromatic rings. The van der Waals surface area contributed by atoms with E-state index in [1.54, 1.807) is 0 Å². The number of carbonyl (C=O) groups is 1. The average Bonchev–Trinajstić information content (AvgIpc) is 1.94. The van der Waals surface area contributed by atoms with E-state index in [1.807, 2.05) is 0 Å². The van der Waals surface area contributed by atoms with Gasteiger partial charge in [-0.2, -0.15) is 0 Å². The van der Waals surface area contributed by atoms with E-state index in [2.05, 4.69) is 20.9 Å². The van der Waals surface area contributed by atoms with Crippen LogP contribution in [0.4, 0.5) is 0 Å². The second-order valence-corrected chi connectivity index (χ2v) is 2.71. The fraction of sp³-hybridized carbons (Fsp3) is 0. The highest BCUT2D eigenvalue weighted by Crippen LogP contribution is 2.01. The molecule has 2 N–H and O–H groups in total. The van der Waals surface area contributed by atoms with E-state index in [-0.39, 0.29) is 5.69 Å². The molecule has 0 aliphatic carbocycles. The molecule has 1 rings (SSSR count). The van der Waals surface area contributed by atoms with E-state index in [4.69, 9.17) is 5.11 Å². The zero-order valence-electron chi connectivity index (χ0n) is 5.30. The largest absolute Gasteiger partial charge is 0.477 e. The number of halogens is 1. The van der Waals surface area contributed by atoms with E-state index in [0.717, 1.165) is 0 Å². The molecule has 1 aromatic heterocycles. The smallest absolute Gasteiger partial charge is 0.352 e. The molecule has 0 fully saturated rings. The normalized spacial score (nSPS) is 9.55. The lowest BCUT2D eigenvalue weighted by Gasteiger charge is -1.92. The van der Waals surface area contributed by atoms with Gasteiger partial charge in [0.05, 0.1) is 4.47 Å². The Balaban J connectivity index is 3.26. The van der Waals surface area contributed by atoms with Crippen LogP contribution in [-0.4, -0.2) is 16.1 Å². The Hall–Kier alpha value is -1.10. The molecule has 0 bridgehead atoms. The molecular weight excluding hydrogens is 214 g/mol. The van der Waals surface area contributed by atoms with Gasteiger partial charge >= 0.3 is 5.97 Å². The van der Waals surface area contributed by atoms with Crippen LogP contribution in [0.25, 0.3) is 0 Å². The first-order valence-electron chi connectivity index (χ1n) is 2.73. The van der Waals surface area contributed by atoms with Gasteiger partial charge in [0, 0.05) is 0 Å². The van der Waals surface area contributed by atoms with Gasteiger partial charge in [-0.15, -0.1) is 0 Å². The molecule has 0 radical (unpaired) electrons. The third kappa shape index (κ3) is 1.68. The van der Waals surface area contributed by atoms with Crippen molar-refractivity contribution in [1.29, 1.82) is 0 Å². The summed E-state index contributed by atoms with van der Waals surface area (Å²) >= 11 is 2.94. The number of carboxylic acids is 1. The molecule has 0 unspecified atom stereocenters. The molecule has 1 heterocycles. The average molecular weight is 218 g/mol. The minimum absolute atomic E-state index is 0.113. The Bertz CT molecular complexity index is 344. The zero-order valence-corrected chi connectivity index (χ0v) is 6.88. The highest BCUT2D eigenvalue weighted by molar-refractivity contribution is 9.10. The number of aromatic amines is 1.